The van der Waals surface area contributed by atoms with E-state index in [1.807, 2.05) is 24.4 Å². The van der Waals surface area contributed by atoms with Gasteiger partial charge in [-0.25, -0.2) is 4.98 Å². The number of imidazole rings is 1. The van der Waals surface area contributed by atoms with E-state index in [2.05, 4.69) is 58.0 Å². The molecule has 0 unspecified atom stereocenters. The van der Waals surface area contributed by atoms with Gasteiger partial charge in [-0.1, -0.05) is 54.6 Å². The number of benzene rings is 2. The van der Waals surface area contributed by atoms with Crippen molar-refractivity contribution in [1.82, 2.24) is 9.38 Å². The number of rotatable bonds is 1. The molecule has 90 valence electrons. The number of hydrogen-bond acceptors (Lipinski definition) is 1. The van der Waals surface area contributed by atoms with E-state index in [1.165, 1.54) is 10.8 Å². The second-order valence-corrected chi connectivity index (χ2v) is 4.61. The molecule has 0 amide bonds. The molecule has 0 bridgehead atoms. The number of hydrogen-bond donors (Lipinski definition) is 0. The van der Waals surface area contributed by atoms with Gasteiger partial charge in [0.2, 0.25) is 0 Å². The molecule has 2 nitrogen and oxygen atoms in total. The SMILES string of the molecule is c1ccc(-c2ncc3c4ccccc4ccn23)cc1. The first-order chi connectivity index (χ1) is 9.43. The molecule has 2 heterocycles. The number of aromatic nitrogens is 2. The van der Waals surface area contributed by atoms with Crippen LogP contribution >= 0.6 is 0 Å². The van der Waals surface area contributed by atoms with Crippen LogP contribution in [0.4, 0.5) is 0 Å². The fourth-order valence-electron chi connectivity index (χ4n) is 2.54. The third-order valence-corrected chi connectivity index (χ3v) is 3.47. The molecule has 0 aliphatic carbocycles. The molecule has 0 spiro atoms. The van der Waals surface area contributed by atoms with Gasteiger partial charge in [0.1, 0.15) is 5.82 Å². The van der Waals surface area contributed by atoms with Crippen molar-refractivity contribution in [2.75, 3.05) is 0 Å². The predicted molar refractivity (Wildman–Crippen MR) is 78.1 cm³/mol. The zero-order chi connectivity index (χ0) is 12.7. The van der Waals surface area contributed by atoms with E-state index >= 15 is 0 Å². The number of pyridine rings is 1. The van der Waals surface area contributed by atoms with Crippen LogP contribution in [0.3, 0.4) is 0 Å². The van der Waals surface area contributed by atoms with Crippen molar-refractivity contribution in [2.24, 2.45) is 0 Å². The van der Waals surface area contributed by atoms with Gasteiger partial charge >= 0.3 is 0 Å². The summed E-state index contributed by atoms with van der Waals surface area (Å²) in [6.07, 6.45) is 4.04. The minimum atomic E-state index is 0.987. The minimum Gasteiger partial charge on any atom is -0.299 e. The first kappa shape index (κ1) is 10.3. The Labute approximate surface area is 111 Å². The molecule has 2 heteroatoms. The van der Waals surface area contributed by atoms with E-state index < -0.39 is 0 Å². The molecule has 2 aromatic heterocycles. The second-order valence-electron chi connectivity index (χ2n) is 4.61. The minimum absolute atomic E-state index is 0.987. The first-order valence-electron chi connectivity index (χ1n) is 6.34. The van der Waals surface area contributed by atoms with Gasteiger partial charge in [0, 0.05) is 17.1 Å². The third-order valence-electron chi connectivity index (χ3n) is 3.47. The molecule has 0 saturated heterocycles. The van der Waals surface area contributed by atoms with Gasteiger partial charge in [-0.2, -0.15) is 0 Å². The highest BCUT2D eigenvalue weighted by molar-refractivity contribution is 5.96. The molecule has 0 aliphatic heterocycles. The molecule has 0 atom stereocenters. The Bertz CT molecular complexity index is 860. The van der Waals surface area contributed by atoms with Gasteiger partial charge in [-0.3, -0.25) is 4.40 Å². The second kappa shape index (κ2) is 3.95. The average Bonchev–Trinajstić information content (AvgIpc) is 2.92. The monoisotopic (exact) mass is 244 g/mol. The lowest BCUT2D eigenvalue weighted by Gasteiger charge is -2.04. The summed E-state index contributed by atoms with van der Waals surface area (Å²) < 4.78 is 2.15. The Morgan fingerprint density at radius 3 is 2.47 bits per heavy atom. The Kier molecular flexibility index (Phi) is 2.15. The predicted octanol–water partition coefficient (Wildman–Crippen LogP) is 4.15. The molecule has 0 radical (unpaired) electrons. The molecule has 0 aliphatic rings. The van der Waals surface area contributed by atoms with Crippen LogP contribution in [0.15, 0.2) is 73.1 Å². The Morgan fingerprint density at radius 2 is 1.58 bits per heavy atom. The summed E-state index contributed by atoms with van der Waals surface area (Å²) in [4.78, 5) is 4.58. The summed E-state index contributed by atoms with van der Waals surface area (Å²) in [5, 5.41) is 2.48. The van der Waals surface area contributed by atoms with Crippen LogP contribution in [0.2, 0.25) is 0 Å². The fourth-order valence-corrected chi connectivity index (χ4v) is 2.54. The summed E-state index contributed by atoms with van der Waals surface area (Å²) in [5.41, 5.74) is 2.29. The summed E-state index contributed by atoms with van der Waals surface area (Å²) in [7, 11) is 0. The van der Waals surface area contributed by atoms with E-state index in [-0.39, 0.29) is 0 Å². The fraction of sp³-hybridized carbons (Fsp3) is 0. The van der Waals surface area contributed by atoms with Crippen LogP contribution in [-0.2, 0) is 0 Å². The van der Waals surface area contributed by atoms with Crippen molar-refractivity contribution in [3.05, 3.63) is 73.1 Å². The lowest BCUT2D eigenvalue weighted by molar-refractivity contribution is 1.17. The number of fused-ring (bicyclic) bond motifs is 3. The van der Waals surface area contributed by atoms with E-state index in [0.717, 1.165) is 16.9 Å². The van der Waals surface area contributed by atoms with Crippen LogP contribution in [0, 0.1) is 0 Å². The summed E-state index contributed by atoms with van der Waals surface area (Å²) >= 11 is 0. The molecular formula is C17H12N2. The molecule has 4 aromatic rings. The first-order valence-corrected chi connectivity index (χ1v) is 6.34. The largest absolute Gasteiger partial charge is 0.299 e. The van der Waals surface area contributed by atoms with E-state index in [4.69, 9.17) is 0 Å². The van der Waals surface area contributed by atoms with Crippen molar-refractivity contribution < 1.29 is 0 Å². The highest BCUT2D eigenvalue weighted by atomic mass is 15.0. The quantitative estimate of drug-likeness (QED) is 0.491. The van der Waals surface area contributed by atoms with Gasteiger partial charge in [0.05, 0.1) is 11.7 Å². The van der Waals surface area contributed by atoms with Crippen molar-refractivity contribution in [3.63, 3.8) is 0 Å². The van der Waals surface area contributed by atoms with Crippen LogP contribution in [-0.4, -0.2) is 9.38 Å². The zero-order valence-electron chi connectivity index (χ0n) is 10.3. The maximum absolute atomic E-state index is 4.58. The van der Waals surface area contributed by atoms with Crippen LogP contribution < -0.4 is 0 Å². The van der Waals surface area contributed by atoms with E-state index in [9.17, 15) is 0 Å². The van der Waals surface area contributed by atoms with Gasteiger partial charge in [0.15, 0.2) is 0 Å². The van der Waals surface area contributed by atoms with Crippen LogP contribution in [0.1, 0.15) is 0 Å². The van der Waals surface area contributed by atoms with Gasteiger partial charge < -0.3 is 0 Å². The lowest BCUT2D eigenvalue weighted by Crippen LogP contribution is -1.89. The summed E-state index contributed by atoms with van der Waals surface area (Å²) in [5.74, 6) is 0.987. The molecule has 19 heavy (non-hydrogen) atoms. The normalized spacial score (nSPS) is 11.2. The zero-order valence-corrected chi connectivity index (χ0v) is 10.3. The Morgan fingerprint density at radius 1 is 0.789 bits per heavy atom. The maximum Gasteiger partial charge on any atom is 0.144 e. The number of nitrogens with zero attached hydrogens (tertiary/aromatic N) is 2. The Balaban J connectivity index is 2.08. The molecular weight excluding hydrogens is 232 g/mol. The summed E-state index contributed by atoms with van der Waals surface area (Å²) in [6, 6.07) is 20.8. The molecule has 0 N–H and O–H groups in total. The lowest BCUT2D eigenvalue weighted by atomic mass is 10.1. The smallest absolute Gasteiger partial charge is 0.144 e. The van der Waals surface area contributed by atoms with Crippen LogP contribution in [0.5, 0.6) is 0 Å². The average molecular weight is 244 g/mol. The van der Waals surface area contributed by atoms with Crippen molar-refractivity contribution in [1.29, 1.82) is 0 Å². The van der Waals surface area contributed by atoms with Gasteiger partial charge in [0.25, 0.3) is 0 Å². The van der Waals surface area contributed by atoms with Crippen molar-refractivity contribution in [2.45, 2.75) is 0 Å². The summed E-state index contributed by atoms with van der Waals surface area (Å²) in [6.45, 7) is 0. The highest BCUT2D eigenvalue weighted by Gasteiger charge is 2.07. The topological polar surface area (TPSA) is 17.3 Å². The maximum atomic E-state index is 4.58. The Hall–Kier alpha value is -2.61. The van der Waals surface area contributed by atoms with E-state index in [1.54, 1.807) is 0 Å². The van der Waals surface area contributed by atoms with Gasteiger partial charge in [-0.05, 0) is 11.5 Å². The van der Waals surface area contributed by atoms with E-state index in [0.29, 0.717) is 0 Å². The molecule has 2 aromatic carbocycles. The van der Waals surface area contributed by atoms with Crippen molar-refractivity contribution >= 4 is 16.3 Å². The van der Waals surface area contributed by atoms with Crippen molar-refractivity contribution in [3.8, 4) is 11.4 Å². The van der Waals surface area contributed by atoms with Crippen LogP contribution in [0.25, 0.3) is 27.7 Å². The molecule has 0 saturated carbocycles. The third kappa shape index (κ3) is 1.54. The molecule has 0 fully saturated rings. The standard InChI is InChI=1S/C17H12N2/c1-2-7-14(8-3-1)17-18-12-16-15-9-5-4-6-13(15)10-11-19(16)17/h1-12H. The molecule has 4 rings (SSSR count). The van der Waals surface area contributed by atoms with Gasteiger partial charge in [-0.15, -0.1) is 0 Å². The highest BCUT2D eigenvalue weighted by Crippen LogP contribution is 2.25.